The Balaban J connectivity index is 1.72. The van der Waals surface area contributed by atoms with Gasteiger partial charge in [0.1, 0.15) is 0 Å². The molecule has 0 unspecified atom stereocenters. The fourth-order valence-electron chi connectivity index (χ4n) is 3.52. The number of rotatable bonds is 5. The van der Waals surface area contributed by atoms with E-state index in [4.69, 9.17) is 11.6 Å². The number of likely N-dealkylation sites (tertiary alicyclic amines) is 1. The first-order chi connectivity index (χ1) is 11.4. The summed E-state index contributed by atoms with van der Waals surface area (Å²) >= 11 is 6.11. The first-order valence-corrected chi connectivity index (χ1v) is 9.12. The van der Waals surface area contributed by atoms with Crippen molar-refractivity contribution in [2.24, 2.45) is 5.92 Å². The topological polar surface area (TPSA) is 15.3 Å². The van der Waals surface area contributed by atoms with Crippen molar-refractivity contribution < 1.29 is 0 Å². The predicted molar refractivity (Wildman–Crippen MR) is 104 cm³/mol. The number of aryl methyl sites for hydroxylation is 2. The first-order valence-electron chi connectivity index (χ1n) is 8.74. The second-order valence-corrected chi connectivity index (χ2v) is 7.68. The minimum absolute atomic E-state index is 0.822. The molecule has 3 rings (SSSR count). The molecule has 0 spiro atoms. The third-order valence-corrected chi connectivity index (χ3v) is 5.48. The molecule has 2 nitrogen and oxygen atoms in total. The van der Waals surface area contributed by atoms with Gasteiger partial charge in [-0.1, -0.05) is 36.7 Å². The first kappa shape index (κ1) is 17.3. The summed E-state index contributed by atoms with van der Waals surface area (Å²) < 4.78 is 0. The van der Waals surface area contributed by atoms with Crippen LogP contribution in [0.5, 0.6) is 0 Å². The molecular formula is C21H27ClN2. The van der Waals surface area contributed by atoms with Gasteiger partial charge < -0.3 is 5.32 Å². The molecule has 1 aliphatic rings. The van der Waals surface area contributed by atoms with Crippen LogP contribution in [-0.4, -0.2) is 18.0 Å². The summed E-state index contributed by atoms with van der Waals surface area (Å²) in [6.07, 6.45) is 0. The molecule has 24 heavy (non-hydrogen) atoms. The molecule has 1 fully saturated rings. The fourth-order valence-corrected chi connectivity index (χ4v) is 3.64. The van der Waals surface area contributed by atoms with Gasteiger partial charge in [-0.2, -0.15) is 0 Å². The van der Waals surface area contributed by atoms with Crippen LogP contribution in [-0.2, 0) is 13.1 Å². The van der Waals surface area contributed by atoms with Crippen molar-refractivity contribution in [3.05, 3.63) is 63.2 Å². The molecule has 1 aliphatic heterocycles. The lowest BCUT2D eigenvalue weighted by Gasteiger charge is -2.38. The lowest BCUT2D eigenvalue weighted by Crippen LogP contribution is -2.44. The van der Waals surface area contributed by atoms with Gasteiger partial charge in [-0.25, -0.2) is 0 Å². The van der Waals surface area contributed by atoms with Gasteiger partial charge in [0.25, 0.3) is 0 Å². The van der Waals surface area contributed by atoms with Crippen molar-refractivity contribution in [3.8, 4) is 0 Å². The van der Waals surface area contributed by atoms with Crippen molar-refractivity contribution in [2.45, 2.75) is 40.8 Å². The molecule has 3 heteroatoms. The molecule has 0 atom stereocenters. The molecule has 1 N–H and O–H groups in total. The highest BCUT2D eigenvalue weighted by molar-refractivity contribution is 6.31. The van der Waals surface area contributed by atoms with Gasteiger partial charge >= 0.3 is 0 Å². The molecule has 0 amide bonds. The van der Waals surface area contributed by atoms with Gasteiger partial charge in [0.05, 0.1) is 0 Å². The normalized spacial score (nSPS) is 15.4. The number of hydrogen-bond acceptors (Lipinski definition) is 2. The SMILES string of the molecule is Cc1cc(CNc2ccc(C)c(CN3CC(C)C3)c2C)ccc1Cl. The quantitative estimate of drug-likeness (QED) is 0.790. The van der Waals surface area contributed by atoms with E-state index in [2.05, 4.69) is 62.2 Å². The van der Waals surface area contributed by atoms with E-state index in [-0.39, 0.29) is 0 Å². The van der Waals surface area contributed by atoms with Gasteiger partial charge in [-0.05, 0) is 66.6 Å². The summed E-state index contributed by atoms with van der Waals surface area (Å²) in [5, 5.41) is 4.43. The number of nitrogens with zero attached hydrogens (tertiary/aromatic N) is 1. The number of anilines is 1. The molecule has 2 aromatic carbocycles. The Morgan fingerprint density at radius 1 is 1.08 bits per heavy atom. The summed E-state index contributed by atoms with van der Waals surface area (Å²) in [5.41, 5.74) is 7.86. The Labute approximate surface area is 150 Å². The Morgan fingerprint density at radius 2 is 1.83 bits per heavy atom. The average molecular weight is 343 g/mol. The van der Waals surface area contributed by atoms with Gasteiger partial charge in [-0.3, -0.25) is 4.90 Å². The van der Waals surface area contributed by atoms with E-state index in [1.54, 1.807) is 0 Å². The molecule has 0 aliphatic carbocycles. The van der Waals surface area contributed by atoms with E-state index in [0.717, 1.165) is 29.6 Å². The second kappa shape index (κ2) is 7.16. The maximum absolute atomic E-state index is 6.11. The van der Waals surface area contributed by atoms with Crippen LogP contribution in [0.3, 0.4) is 0 Å². The van der Waals surface area contributed by atoms with Crippen molar-refractivity contribution in [2.75, 3.05) is 18.4 Å². The van der Waals surface area contributed by atoms with Crippen LogP contribution < -0.4 is 5.32 Å². The van der Waals surface area contributed by atoms with E-state index in [1.165, 1.54) is 41.0 Å². The number of benzene rings is 2. The van der Waals surface area contributed by atoms with E-state index in [0.29, 0.717) is 0 Å². The summed E-state index contributed by atoms with van der Waals surface area (Å²) in [4.78, 5) is 2.53. The number of hydrogen-bond donors (Lipinski definition) is 1. The Kier molecular flexibility index (Phi) is 5.17. The smallest absolute Gasteiger partial charge is 0.0435 e. The zero-order valence-corrected chi connectivity index (χ0v) is 15.9. The highest BCUT2D eigenvalue weighted by Gasteiger charge is 2.23. The van der Waals surface area contributed by atoms with Crippen LogP contribution in [0.25, 0.3) is 0 Å². The fraction of sp³-hybridized carbons (Fsp3) is 0.429. The minimum Gasteiger partial charge on any atom is -0.381 e. The predicted octanol–water partition coefficient (Wildman–Crippen LogP) is 5.33. The van der Waals surface area contributed by atoms with Crippen LogP contribution in [0.15, 0.2) is 30.3 Å². The van der Waals surface area contributed by atoms with Crippen LogP contribution >= 0.6 is 11.6 Å². The maximum atomic E-state index is 6.11. The number of nitrogens with one attached hydrogen (secondary N) is 1. The van der Waals surface area contributed by atoms with Gasteiger partial charge in [0, 0.05) is 36.9 Å². The summed E-state index contributed by atoms with van der Waals surface area (Å²) in [6.45, 7) is 13.2. The summed E-state index contributed by atoms with van der Waals surface area (Å²) in [6, 6.07) is 10.7. The zero-order valence-electron chi connectivity index (χ0n) is 15.1. The van der Waals surface area contributed by atoms with E-state index in [1.807, 2.05) is 6.07 Å². The number of halogens is 1. The van der Waals surface area contributed by atoms with Gasteiger partial charge in [-0.15, -0.1) is 0 Å². The molecule has 128 valence electrons. The van der Waals surface area contributed by atoms with E-state index >= 15 is 0 Å². The second-order valence-electron chi connectivity index (χ2n) is 7.27. The third kappa shape index (κ3) is 3.76. The Hall–Kier alpha value is -1.51. The van der Waals surface area contributed by atoms with Crippen molar-refractivity contribution in [1.82, 2.24) is 4.90 Å². The minimum atomic E-state index is 0.822. The summed E-state index contributed by atoms with van der Waals surface area (Å²) in [5.74, 6) is 0.847. The van der Waals surface area contributed by atoms with Gasteiger partial charge in [0.15, 0.2) is 0 Å². The lowest BCUT2D eigenvalue weighted by atomic mass is 9.96. The van der Waals surface area contributed by atoms with Crippen molar-refractivity contribution in [3.63, 3.8) is 0 Å². The van der Waals surface area contributed by atoms with Crippen LogP contribution in [0.4, 0.5) is 5.69 Å². The molecule has 0 saturated carbocycles. The molecule has 2 aromatic rings. The van der Waals surface area contributed by atoms with Crippen LogP contribution in [0.1, 0.15) is 34.7 Å². The van der Waals surface area contributed by atoms with Crippen LogP contribution in [0, 0.1) is 26.7 Å². The highest BCUT2D eigenvalue weighted by Crippen LogP contribution is 2.27. The van der Waals surface area contributed by atoms with Gasteiger partial charge in [0.2, 0.25) is 0 Å². The van der Waals surface area contributed by atoms with Crippen molar-refractivity contribution >= 4 is 17.3 Å². The molecular weight excluding hydrogens is 316 g/mol. The average Bonchev–Trinajstić information content (AvgIpc) is 2.52. The van der Waals surface area contributed by atoms with Crippen molar-refractivity contribution in [1.29, 1.82) is 0 Å². The monoisotopic (exact) mass is 342 g/mol. The maximum Gasteiger partial charge on any atom is 0.0435 e. The van der Waals surface area contributed by atoms with Crippen LogP contribution in [0.2, 0.25) is 5.02 Å². The molecule has 0 radical (unpaired) electrons. The molecule has 0 bridgehead atoms. The highest BCUT2D eigenvalue weighted by atomic mass is 35.5. The third-order valence-electron chi connectivity index (χ3n) is 5.06. The Bertz CT molecular complexity index is 733. The zero-order chi connectivity index (χ0) is 17.3. The standard InChI is InChI=1S/C21H27ClN2/c1-14-11-24(12-14)13-19-15(2)5-8-21(17(19)4)23-10-18-6-7-20(22)16(3)9-18/h5-9,14,23H,10-13H2,1-4H3. The summed E-state index contributed by atoms with van der Waals surface area (Å²) in [7, 11) is 0. The molecule has 1 saturated heterocycles. The largest absolute Gasteiger partial charge is 0.381 e. The lowest BCUT2D eigenvalue weighted by molar-refractivity contribution is 0.104. The molecule has 0 aromatic heterocycles. The Morgan fingerprint density at radius 3 is 2.50 bits per heavy atom. The van der Waals surface area contributed by atoms with E-state index < -0.39 is 0 Å². The van der Waals surface area contributed by atoms with E-state index in [9.17, 15) is 0 Å². The molecule has 1 heterocycles.